The van der Waals surface area contributed by atoms with Crippen LogP contribution >= 0.6 is 0 Å². The summed E-state index contributed by atoms with van der Waals surface area (Å²) in [6.07, 6.45) is 0.866. The third-order valence-electron chi connectivity index (χ3n) is 2.94. The van der Waals surface area contributed by atoms with Gasteiger partial charge in [0.1, 0.15) is 5.82 Å². The number of rotatable bonds is 5. The van der Waals surface area contributed by atoms with E-state index in [0.29, 0.717) is 6.54 Å². The van der Waals surface area contributed by atoms with Crippen LogP contribution in [0.15, 0.2) is 24.3 Å². The lowest BCUT2D eigenvalue weighted by molar-refractivity contribution is -0.123. The van der Waals surface area contributed by atoms with Gasteiger partial charge in [-0.1, -0.05) is 32.4 Å². The quantitative estimate of drug-likeness (QED) is 0.822. The summed E-state index contributed by atoms with van der Waals surface area (Å²) in [7, 11) is 0. The number of hydrogen-bond acceptors (Lipinski definition) is 2. The largest absolute Gasteiger partial charge is 0.351 e. The van der Waals surface area contributed by atoms with Gasteiger partial charge < -0.3 is 11.1 Å². The molecule has 0 spiro atoms. The molecule has 0 aromatic heterocycles. The summed E-state index contributed by atoms with van der Waals surface area (Å²) >= 11 is 0. The van der Waals surface area contributed by atoms with Crippen molar-refractivity contribution in [2.75, 3.05) is 0 Å². The van der Waals surface area contributed by atoms with Crippen molar-refractivity contribution in [1.29, 1.82) is 0 Å². The van der Waals surface area contributed by atoms with Crippen molar-refractivity contribution in [3.8, 4) is 0 Å². The molecule has 0 aliphatic carbocycles. The molecule has 1 aromatic carbocycles. The molecule has 1 aromatic rings. The van der Waals surface area contributed by atoms with Crippen LogP contribution in [0.1, 0.15) is 25.8 Å². The van der Waals surface area contributed by atoms with Gasteiger partial charge in [0.2, 0.25) is 5.91 Å². The van der Waals surface area contributed by atoms with Crippen molar-refractivity contribution in [1.82, 2.24) is 5.32 Å². The summed E-state index contributed by atoms with van der Waals surface area (Å²) in [6, 6.07) is 5.54. The zero-order valence-corrected chi connectivity index (χ0v) is 10.2. The lowest BCUT2D eigenvalue weighted by Crippen LogP contribution is -2.44. The van der Waals surface area contributed by atoms with Gasteiger partial charge >= 0.3 is 0 Å². The highest BCUT2D eigenvalue weighted by Crippen LogP contribution is 2.06. The third kappa shape index (κ3) is 4.15. The average Bonchev–Trinajstić information content (AvgIpc) is 2.35. The minimum absolute atomic E-state index is 0.156. The van der Waals surface area contributed by atoms with Crippen LogP contribution in [0.5, 0.6) is 0 Å². The number of nitrogens with two attached hydrogens (primary N) is 1. The van der Waals surface area contributed by atoms with Gasteiger partial charge in [0.25, 0.3) is 0 Å². The first kappa shape index (κ1) is 13.6. The Balaban J connectivity index is 2.45. The Morgan fingerprint density at radius 3 is 2.53 bits per heavy atom. The van der Waals surface area contributed by atoms with Crippen LogP contribution in [0.4, 0.5) is 4.39 Å². The zero-order valence-electron chi connectivity index (χ0n) is 10.2. The predicted molar refractivity (Wildman–Crippen MR) is 65.7 cm³/mol. The Hall–Kier alpha value is -1.42. The van der Waals surface area contributed by atoms with Gasteiger partial charge in [0.15, 0.2) is 0 Å². The summed E-state index contributed by atoms with van der Waals surface area (Å²) in [6.45, 7) is 4.32. The molecule has 0 aliphatic rings. The lowest BCUT2D eigenvalue weighted by atomic mass is 9.99. The highest BCUT2D eigenvalue weighted by molar-refractivity contribution is 5.81. The number of hydrogen-bond donors (Lipinski definition) is 2. The standard InChI is InChI=1S/C13H19FN2O/c1-3-9(2)12(15)13(17)16-8-10-4-6-11(14)7-5-10/h4-7,9,12H,3,8,15H2,1-2H3,(H,16,17)/t9?,12-/m0/s1. The van der Waals surface area contributed by atoms with Gasteiger partial charge in [0.05, 0.1) is 6.04 Å². The predicted octanol–water partition coefficient (Wildman–Crippen LogP) is 1.82. The topological polar surface area (TPSA) is 55.1 Å². The molecule has 0 radical (unpaired) electrons. The summed E-state index contributed by atoms with van der Waals surface area (Å²) in [5, 5.41) is 2.75. The minimum atomic E-state index is -0.486. The van der Waals surface area contributed by atoms with Crippen molar-refractivity contribution in [2.24, 2.45) is 11.7 Å². The van der Waals surface area contributed by atoms with Gasteiger partial charge in [-0.2, -0.15) is 0 Å². The van der Waals surface area contributed by atoms with Crippen LogP contribution < -0.4 is 11.1 Å². The van der Waals surface area contributed by atoms with Crippen LogP contribution in [-0.2, 0) is 11.3 Å². The van der Waals surface area contributed by atoms with Gasteiger partial charge in [-0.3, -0.25) is 4.79 Å². The normalized spacial score (nSPS) is 14.1. The molecule has 3 nitrogen and oxygen atoms in total. The van der Waals surface area contributed by atoms with E-state index in [-0.39, 0.29) is 17.6 Å². The molecule has 1 rings (SSSR count). The number of halogens is 1. The minimum Gasteiger partial charge on any atom is -0.351 e. The molecule has 3 N–H and O–H groups in total. The van der Waals surface area contributed by atoms with Crippen molar-refractivity contribution in [3.63, 3.8) is 0 Å². The Bertz CT molecular complexity index is 364. The molecule has 0 heterocycles. The fourth-order valence-electron chi connectivity index (χ4n) is 1.42. The molecule has 2 atom stereocenters. The monoisotopic (exact) mass is 238 g/mol. The molecule has 94 valence electrons. The number of nitrogens with one attached hydrogen (secondary N) is 1. The fraction of sp³-hybridized carbons (Fsp3) is 0.462. The maximum atomic E-state index is 12.7. The zero-order chi connectivity index (χ0) is 12.8. The van der Waals surface area contributed by atoms with E-state index >= 15 is 0 Å². The van der Waals surface area contributed by atoms with E-state index in [1.807, 2.05) is 13.8 Å². The van der Waals surface area contributed by atoms with E-state index in [1.165, 1.54) is 12.1 Å². The molecular weight excluding hydrogens is 219 g/mol. The van der Waals surface area contributed by atoms with Crippen LogP contribution in [0.2, 0.25) is 0 Å². The van der Waals surface area contributed by atoms with Crippen molar-refractivity contribution < 1.29 is 9.18 Å². The highest BCUT2D eigenvalue weighted by Gasteiger charge is 2.18. The maximum Gasteiger partial charge on any atom is 0.237 e. The van der Waals surface area contributed by atoms with E-state index in [0.717, 1.165) is 12.0 Å². The number of carbonyl (C=O) groups is 1. The first-order valence-corrected chi connectivity index (χ1v) is 5.82. The number of carbonyl (C=O) groups excluding carboxylic acids is 1. The first-order chi connectivity index (χ1) is 8.04. The first-order valence-electron chi connectivity index (χ1n) is 5.82. The van der Waals surface area contributed by atoms with Crippen LogP contribution in [0.25, 0.3) is 0 Å². The van der Waals surface area contributed by atoms with Gasteiger partial charge in [-0.25, -0.2) is 4.39 Å². The Morgan fingerprint density at radius 1 is 1.41 bits per heavy atom. The molecule has 17 heavy (non-hydrogen) atoms. The molecule has 4 heteroatoms. The number of amides is 1. The van der Waals surface area contributed by atoms with Gasteiger partial charge in [-0.05, 0) is 23.6 Å². The van der Waals surface area contributed by atoms with Gasteiger partial charge in [0, 0.05) is 6.54 Å². The summed E-state index contributed by atoms with van der Waals surface area (Å²) in [5.41, 5.74) is 6.64. The smallest absolute Gasteiger partial charge is 0.237 e. The SMILES string of the molecule is CCC(C)[C@H](N)C(=O)NCc1ccc(F)cc1. The Labute approximate surface area is 101 Å². The Morgan fingerprint density at radius 2 is 2.00 bits per heavy atom. The molecular formula is C13H19FN2O. The van der Waals surface area contributed by atoms with Crippen molar-refractivity contribution in [2.45, 2.75) is 32.9 Å². The molecule has 1 amide bonds. The van der Waals surface area contributed by atoms with E-state index in [4.69, 9.17) is 5.73 Å². The number of benzene rings is 1. The molecule has 1 unspecified atom stereocenters. The van der Waals surface area contributed by atoms with E-state index in [1.54, 1.807) is 12.1 Å². The third-order valence-corrected chi connectivity index (χ3v) is 2.94. The highest BCUT2D eigenvalue weighted by atomic mass is 19.1. The molecule has 0 aliphatic heterocycles. The van der Waals surface area contributed by atoms with Crippen LogP contribution in [-0.4, -0.2) is 11.9 Å². The van der Waals surface area contributed by atoms with E-state index in [9.17, 15) is 9.18 Å². The van der Waals surface area contributed by atoms with E-state index in [2.05, 4.69) is 5.32 Å². The maximum absolute atomic E-state index is 12.7. The van der Waals surface area contributed by atoms with Crippen LogP contribution in [0.3, 0.4) is 0 Å². The second kappa shape index (κ2) is 6.35. The Kier molecular flexibility index (Phi) is 5.10. The molecule has 0 bridgehead atoms. The fourth-order valence-corrected chi connectivity index (χ4v) is 1.42. The summed E-state index contributed by atoms with van der Waals surface area (Å²) < 4.78 is 12.7. The molecule has 0 saturated carbocycles. The lowest BCUT2D eigenvalue weighted by Gasteiger charge is -2.17. The average molecular weight is 238 g/mol. The van der Waals surface area contributed by atoms with Crippen molar-refractivity contribution >= 4 is 5.91 Å². The molecule has 0 saturated heterocycles. The van der Waals surface area contributed by atoms with Crippen LogP contribution in [0, 0.1) is 11.7 Å². The van der Waals surface area contributed by atoms with Gasteiger partial charge in [-0.15, -0.1) is 0 Å². The second-order valence-electron chi connectivity index (χ2n) is 4.26. The van der Waals surface area contributed by atoms with Crippen molar-refractivity contribution in [3.05, 3.63) is 35.6 Å². The van der Waals surface area contributed by atoms with E-state index < -0.39 is 6.04 Å². The molecule has 0 fully saturated rings. The second-order valence-corrected chi connectivity index (χ2v) is 4.26. The summed E-state index contributed by atoms with van der Waals surface area (Å²) in [4.78, 5) is 11.7. The summed E-state index contributed by atoms with van der Waals surface area (Å²) in [5.74, 6) is -0.289.